The average molecular weight is 403 g/mol. The van der Waals surface area contributed by atoms with Gasteiger partial charge < -0.3 is 10.3 Å². The van der Waals surface area contributed by atoms with E-state index in [4.69, 9.17) is 0 Å². The molecule has 0 saturated carbocycles. The normalized spacial score (nSPS) is 12.6. The van der Waals surface area contributed by atoms with Crippen LogP contribution in [-0.4, -0.2) is 36.1 Å². The summed E-state index contributed by atoms with van der Waals surface area (Å²) < 4.78 is 0. The van der Waals surface area contributed by atoms with Crippen molar-refractivity contribution < 1.29 is 4.79 Å². The van der Waals surface area contributed by atoms with Crippen molar-refractivity contribution in [3.63, 3.8) is 0 Å². The molecule has 2 N–H and O–H groups in total. The number of tetrazole rings is 1. The van der Waals surface area contributed by atoms with E-state index in [2.05, 4.69) is 44.5 Å². The van der Waals surface area contributed by atoms with Crippen LogP contribution in [0.3, 0.4) is 0 Å². The number of carbonyl (C=O) groups is 1. The first-order valence-corrected chi connectivity index (χ1v) is 10.1. The molecule has 0 aliphatic carbocycles. The Balaban J connectivity index is 1.52. The maximum Gasteiger partial charge on any atom is 0.251 e. The lowest BCUT2D eigenvalue weighted by atomic mass is 10.0. The number of carbonyl (C=O) groups excluding carboxylic acids is 1. The minimum Gasteiger partial charge on any atom is -0.342 e. The third kappa shape index (κ3) is 3.94. The topological polar surface area (TPSA) is 101 Å². The molecule has 0 aliphatic rings. The van der Waals surface area contributed by atoms with E-state index in [1.54, 1.807) is 16.9 Å². The van der Waals surface area contributed by atoms with Gasteiger partial charge in [-0.1, -0.05) is 38.1 Å². The standard InChI is InChI=1S/C22H25N7O/c1-13(2)19(21-23-17-7-5-6-8-18(17)24-21)25-22(30)16-11-9-15(10-12-16)20-26-28-29(27-20)14(3)4/h5-14,19H,1-4H3,(H,23,24)(H,25,30)/t19-/m1/s1. The van der Waals surface area contributed by atoms with Crippen LogP contribution in [0, 0.1) is 5.92 Å². The van der Waals surface area contributed by atoms with Crippen LogP contribution in [0.4, 0.5) is 0 Å². The van der Waals surface area contributed by atoms with Crippen LogP contribution in [0.5, 0.6) is 0 Å². The fourth-order valence-corrected chi connectivity index (χ4v) is 3.23. The van der Waals surface area contributed by atoms with Crippen LogP contribution in [0.1, 0.15) is 56.0 Å². The Morgan fingerprint density at radius 3 is 2.40 bits per heavy atom. The van der Waals surface area contributed by atoms with E-state index < -0.39 is 0 Å². The molecule has 4 rings (SSSR count). The summed E-state index contributed by atoms with van der Waals surface area (Å²) in [7, 11) is 0. The maximum atomic E-state index is 12.9. The minimum absolute atomic E-state index is 0.141. The fourth-order valence-electron chi connectivity index (χ4n) is 3.23. The summed E-state index contributed by atoms with van der Waals surface area (Å²) >= 11 is 0. The quantitative estimate of drug-likeness (QED) is 0.508. The third-order valence-electron chi connectivity index (χ3n) is 4.95. The van der Waals surface area contributed by atoms with Gasteiger partial charge >= 0.3 is 0 Å². The van der Waals surface area contributed by atoms with Crippen LogP contribution in [0.2, 0.25) is 0 Å². The number of hydrogen-bond acceptors (Lipinski definition) is 5. The van der Waals surface area contributed by atoms with Crippen molar-refractivity contribution in [2.75, 3.05) is 0 Å². The minimum atomic E-state index is -0.225. The molecule has 1 amide bonds. The van der Waals surface area contributed by atoms with Crippen molar-refractivity contribution in [3.05, 3.63) is 59.9 Å². The number of benzene rings is 2. The molecule has 30 heavy (non-hydrogen) atoms. The summed E-state index contributed by atoms with van der Waals surface area (Å²) in [6, 6.07) is 15.0. The number of rotatable bonds is 6. The van der Waals surface area contributed by atoms with Crippen molar-refractivity contribution in [1.82, 2.24) is 35.5 Å². The highest BCUT2D eigenvalue weighted by molar-refractivity contribution is 5.94. The van der Waals surface area contributed by atoms with E-state index in [1.165, 1.54) is 0 Å². The number of H-pyrrole nitrogens is 1. The number of hydrogen-bond donors (Lipinski definition) is 2. The first kappa shape index (κ1) is 19.8. The van der Waals surface area contributed by atoms with Gasteiger partial charge in [0.15, 0.2) is 0 Å². The number of imidazole rings is 1. The number of amides is 1. The molecule has 0 aliphatic heterocycles. The van der Waals surface area contributed by atoms with Crippen molar-refractivity contribution in [2.24, 2.45) is 5.92 Å². The Hall–Kier alpha value is -3.55. The van der Waals surface area contributed by atoms with E-state index in [9.17, 15) is 4.79 Å². The lowest BCUT2D eigenvalue weighted by molar-refractivity contribution is 0.0923. The van der Waals surface area contributed by atoms with Gasteiger partial charge in [0.2, 0.25) is 5.82 Å². The number of aromatic nitrogens is 6. The highest BCUT2D eigenvalue weighted by Crippen LogP contribution is 2.23. The lowest BCUT2D eigenvalue weighted by Crippen LogP contribution is -2.32. The largest absolute Gasteiger partial charge is 0.342 e. The molecular weight excluding hydrogens is 378 g/mol. The zero-order valence-corrected chi connectivity index (χ0v) is 17.5. The van der Waals surface area contributed by atoms with E-state index >= 15 is 0 Å². The Bertz CT molecular complexity index is 1120. The highest BCUT2D eigenvalue weighted by Gasteiger charge is 2.22. The molecule has 0 spiro atoms. The van der Waals surface area contributed by atoms with E-state index in [0.717, 1.165) is 22.4 Å². The van der Waals surface area contributed by atoms with E-state index in [-0.39, 0.29) is 23.9 Å². The SMILES string of the molecule is CC(C)[C@@H](NC(=O)c1ccc(-c2nnn(C(C)C)n2)cc1)c1nc2ccccc2[nH]1. The maximum absolute atomic E-state index is 12.9. The van der Waals surface area contributed by atoms with Gasteiger partial charge in [-0.25, -0.2) is 4.98 Å². The first-order valence-electron chi connectivity index (χ1n) is 10.1. The second kappa shape index (κ2) is 8.06. The third-order valence-corrected chi connectivity index (χ3v) is 4.95. The summed E-state index contributed by atoms with van der Waals surface area (Å²) in [5.41, 5.74) is 3.23. The molecule has 0 bridgehead atoms. The van der Waals surface area contributed by atoms with E-state index in [0.29, 0.717) is 11.4 Å². The van der Waals surface area contributed by atoms with Gasteiger partial charge in [-0.3, -0.25) is 4.79 Å². The summed E-state index contributed by atoms with van der Waals surface area (Å²) in [5.74, 6) is 1.31. The van der Waals surface area contributed by atoms with Gasteiger partial charge in [0.05, 0.1) is 23.1 Å². The number of para-hydroxylation sites is 2. The lowest BCUT2D eigenvalue weighted by Gasteiger charge is -2.20. The Morgan fingerprint density at radius 2 is 1.77 bits per heavy atom. The molecule has 2 aromatic carbocycles. The number of nitrogens with zero attached hydrogens (tertiary/aromatic N) is 5. The second-order valence-electron chi connectivity index (χ2n) is 7.94. The van der Waals surface area contributed by atoms with Gasteiger partial charge in [-0.15, -0.1) is 10.2 Å². The fraction of sp³-hybridized carbons (Fsp3) is 0.318. The molecule has 154 valence electrons. The second-order valence-corrected chi connectivity index (χ2v) is 7.94. The molecule has 4 aromatic rings. The summed E-state index contributed by atoms with van der Waals surface area (Å²) in [6.45, 7) is 8.11. The first-order chi connectivity index (χ1) is 14.4. The molecule has 8 nitrogen and oxygen atoms in total. The summed E-state index contributed by atoms with van der Waals surface area (Å²) in [6.07, 6.45) is 0. The van der Waals surface area contributed by atoms with Crippen molar-refractivity contribution >= 4 is 16.9 Å². The predicted molar refractivity (Wildman–Crippen MR) is 115 cm³/mol. The van der Waals surface area contributed by atoms with Crippen LogP contribution < -0.4 is 5.32 Å². The van der Waals surface area contributed by atoms with Gasteiger partial charge in [0, 0.05) is 11.1 Å². The van der Waals surface area contributed by atoms with Crippen LogP contribution >= 0.6 is 0 Å². The molecule has 8 heteroatoms. The zero-order chi connectivity index (χ0) is 21.3. The molecule has 0 radical (unpaired) electrons. The van der Waals surface area contributed by atoms with Crippen molar-refractivity contribution in [2.45, 2.75) is 39.8 Å². The molecule has 2 aromatic heterocycles. The Kier molecular flexibility index (Phi) is 5.31. The van der Waals surface area contributed by atoms with Gasteiger partial charge in [0.1, 0.15) is 5.82 Å². The Morgan fingerprint density at radius 1 is 1.03 bits per heavy atom. The van der Waals surface area contributed by atoms with Gasteiger partial charge in [-0.05, 0) is 49.2 Å². The number of aromatic amines is 1. The number of nitrogens with one attached hydrogen (secondary N) is 2. The molecule has 2 heterocycles. The molecule has 1 atom stereocenters. The zero-order valence-electron chi connectivity index (χ0n) is 17.5. The van der Waals surface area contributed by atoms with Gasteiger partial charge in [0.25, 0.3) is 5.91 Å². The molecular formula is C22H25N7O. The summed E-state index contributed by atoms with van der Waals surface area (Å²) in [5, 5.41) is 15.6. The molecule has 0 saturated heterocycles. The van der Waals surface area contributed by atoms with Crippen molar-refractivity contribution in [1.29, 1.82) is 0 Å². The molecule has 0 unspecified atom stereocenters. The number of fused-ring (bicyclic) bond motifs is 1. The highest BCUT2D eigenvalue weighted by atomic mass is 16.1. The van der Waals surface area contributed by atoms with Crippen LogP contribution in [-0.2, 0) is 0 Å². The smallest absolute Gasteiger partial charge is 0.251 e. The monoisotopic (exact) mass is 403 g/mol. The summed E-state index contributed by atoms with van der Waals surface area (Å²) in [4.78, 5) is 22.4. The average Bonchev–Trinajstić information content (AvgIpc) is 3.39. The van der Waals surface area contributed by atoms with Gasteiger partial charge in [-0.2, -0.15) is 4.80 Å². The van der Waals surface area contributed by atoms with E-state index in [1.807, 2.05) is 50.2 Å². The van der Waals surface area contributed by atoms with Crippen molar-refractivity contribution in [3.8, 4) is 11.4 Å². The van der Waals surface area contributed by atoms with Crippen LogP contribution in [0.25, 0.3) is 22.4 Å². The Labute approximate surface area is 174 Å². The molecule has 0 fully saturated rings. The van der Waals surface area contributed by atoms with Crippen LogP contribution in [0.15, 0.2) is 48.5 Å². The predicted octanol–water partition coefficient (Wildman–Crippen LogP) is 3.92.